The van der Waals surface area contributed by atoms with Crippen LogP contribution in [0.3, 0.4) is 0 Å². The Morgan fingerprint density at radius 2 is 2.41 bits per heavy atom. The molecule has 0 aromatic carbocycles. The van der Waals surface area contributed by atoms with Gasteiger partial charge in [-0.2, -0.15) is 5.10 Å². The Kier molecular flexibility index (Phi) is 4.41. The number of hydrogen-bond donors (Lipinski definition) is 2. The molecule has 1 heterocycles. The molecule has 94 valence electrons. The first kappa shape index (κ1) is 12.0. The molecule has 1 aromatic heterocycles. The minimum absolute atomic E-state index is 0.581. The summed E-state index contributed by atoms with van der Waals surface area (Å²) in [7, 11) is 0. The fraction of sp³-hybridized carbons (Fsp3) is 0.667. The molecule has 0 bridgehead atoms. The third kappa shape index (κ3) is 4.09. The fourth-order valence-electron chi connectivity index (χ4n) is 1.85. The Morgan fingerprint density at radius 3 is 3.06 bits per heavy atom. The average molecular weight is 235 g/mol. The normalized spacial score (nSPS) is 16.8. The molecular formula is C12H21N5. The Labute approximate surface area is 102 Å². The average Bonchev–Trinajstić information content (AvgIpc) is 2.75. The van der Waals surface area contributed by atoms with E-state index in [1.54, 1.807) is 6.20 Å². The molecule has 1 saturated carbocycles. The van der Waals surface area contributed by atoms with Gasteiger partial charge in [-0.15, -0.1) is 0 Å². The van der Waals surface area contributed by atoms with Crippen molar-refractivity contribution in [2.75, 3.05) is 13.1 Å². The van der Waals surface area contributed by atoms with Crippen LogP contribution in [0.5, 0.6) is 0 Å². The highest BCUT2D eigenvalue weighted by atomic mass is 15.3. The number of hydrogen-bond acceptors (Lipinski definition) is 2. The highest BCUT2D eigenvalue weighted by Gasteiger charge is 2.16. The van der Waals surface area contributed by atoms with Crippen molar-refractivity contribution in [3.63, 3.8) is 0 Å². The van der Waals surface area contributed by atoms with Gasteiger partial charge in [-0.3, -0.25) is 9.67 Å². The van der Waals surface area contributed by atoms with E-state index in [0.29, 0.717) is 5.96 Å². The molecular weight excluding hydrogens is 214 g/mol. The largest absolute Gasteiger partial charge is 0.370 e. The molecule has 0 aliphatic heterocycles. The Morgan fingerprint density at radius 1 is 1.53 bits per heavy atom. The molecule has 1 aliphatic rings. The first-order valence-corrected chi connectivity index (χ1v) is 6.36. The van der Waals surface area contributed by atoms with Crippen molar-refractivity contribution >= 4 is 5.96 Å². The van der Waals surface area contributed by atoms with Crippen LogP contribution in [0, 0.1) is 5.92 Å². The molecule has 1 aromatic rings. The van der Waals surface area contributed by atoms with Gasteiger partial charge in [-0.05, 0) is 31.2 Å². The second-order valence-electron chi connectivity index (χ2n) is 4.57. The quantitative estimate of drug-likeness (QED) is 0.439. The lowest BCUT2D eigenvalue weighted by Gasteiger charge is -2.23. The van der Waals surface area contributed by atoms with Gasteiger partial charge in [0.15, 0.2) is 5.96 Å². The number of nitrogens with one attached hydrogen (secondary N) is 1. The van der Waals surface area contributed by atoms with Gasteiger partial charge < -0.3 is 11.1 Å². The predicted molar refractivity (Wildman–Crippen MR) is 68.7 cm³/mol. The van der Waals surface area contributed by atoms with Crippen LogP contribution in [-0.2, 0) is 6.54 Å². The van der Waals surface area contributed by atoms with Crippen molar-refractivity contribution in [3.05, 3.63) is 18.5 Å². The topological polar surface area (TPSA) is 68.2 Å². The Hall–Kier alpha value is -1.52. The van der Waals surface area contributed by atoms with Crippen molar-refractivity contribution in [2.45, 2.75) is 32.2 Å². The van der Waals surface area contributed by atoms with Crippen LogP contribution >= 0.6 is 0 Å². The zero-order valence-corrected chi connectivity index (χ0v) is 10.2. The lowest BCUT2D eigenvalue weighted by molar-refractivity contribution is 0.326. The number of nitrogens with zero attached hydrogens (tertiary/aromatic N) is 3. The van der Waals surface area contributed by atoms with Gasteiger partial charge in [0.1, 0.15) is 0 Å². The maximum Gasteiger partial charge on any atom is 0.188 e. The van der Waals surface area contributed by atoms with Crippen LogP contribution in [0.2, 0.25) is 0 Å². The van der Waals surface area contributed by atoms with E-state index in [9.17, 15) is 0 Å². The van der Waals surface area contributed by atoms with Gasteiger partial charge in [-0.1, -0.05) is 6.42 Å². The van der Waals surface area contributed by atoms with Gasteiger partial charge in [0.2, 0.25) is 0 Å². The number of rotatable bonds is 6. The summed E-state index contributed by atoms with van der Waals surface area (Å²) in [6.45, 7) is 2.65. The second kappa shape index (κ2) is 6.27. The summed E-state index contributed by atoms with van der Waals surface area (Å²) in [5, 5.41) is 7.27. The van der Waals surface area contributed by atoms with Gasteiger partial charge in [0.05, 0.1) is 0 Å². The predicted octanol–water partition coefficient (Wildman–Crippen LogP) is 0.978. The Bertz CT molecular complexity index is 340. The monoisotopic (exact) mass is 235 g/mol. The Balaban J connectivity index is 1.54. The minimum atomic E-state index is 0.581. The van der Waals surface area contributed by atoms with Crippen LogP contribution in [0.1, 0.15) is 25.7 Å². The zero-order chi connectivity index (χ0) is 11.9. The first-order chi connectivity index (χ1) is 8.34. The van der Waals surface area contributed by atoms with Crippen molar-refractivity contribution < 1.29 is 0 Å². The summed E-state index contributed by atoms with van der Waals surface area (Å²) < 4.78 is 1.92. The van der Waals surface area contributed by atoms with Crippen LogP contribution in [0.15, 0.2) is 23.5 Å². The molecule has 5 heteroatoms. The van der Waals surface area contributed by atoms with Gasteiger partial charge in [0, 0.05) is 32.0 Å². The van der Waals surface area contributed by atoms with Gasteiger partial charge in [0.25, 0.3) is 0 Å². The van der Waals surface area contributed by atoms with Gasteiger partial charge >= 0.3 is 0 Å². The van der Waals surface area contributed by atoms with E-state index in [1.807, 2.05) is 16.9 Å². The maximum absolute atomic E-state index is 5.78. The minimum Gasteiger partial charge on any atom is -0.370 e. The molecule has 0 saturated heterocycles. The lowest BCUT2D eigenvalue weighted by atomic mass is 9.86. The van der Waals surface area contributed by atoms with E-state index < -0.39 is 0 Å². The standard InChI is InChI=1S/C12H21N5/c13-12(15-10-11-4-1-5-11)14-6-2-8-17-9-3-7-16-17/h3,7,9,11H,1-2,4-6,8,10H2,(H3,13,14,15). The van der Waals surface area contributed by atoms with E-state index in [1.165, 1.54) is 19.3 Å². The molecule has 1 fully saturated rings. The molecule has 0 radical (unpaired) electrons. The SMILES string of the molecule is NC(=NCC1CCC1)NCCCn1cccn1. The summed E-state index contributed by atoms with van der Waals surface area (Å²) in [5.41, 5.74) is 5.78. The van der Waals surface area contributed by atoms with E-state index in [2.05, 4.69) is 15.4 Å². The van der Waals surface area contributed by atoms with E-state index >= 15 is 0 Å². The molecule has 5 nitrogen and oxygen atoms in total. The van der Waals surface area contributed by atoms with Crippen molar-refractivity contribution in [2.24, 2.45) is 16.6 Å². The highest BCUT2D eigenvalue weighted by Crippen LogP contribution is 2.26. The van der Waals surface area contributed by atoms with E-state index in [0.717, 1.165) is 32.0 Å². The fourth-order valence-corrected chi connectivity index (χ4v) is 1.85. The van der Waals surface area contributed by atoms with Crippen LogP contribution in [0.4, 0.5) is 0 Å². The number of guanidine groups is 1. The molecule has 0 unspecified atom stereocenters. The van der Waals surface area contributed by atoms with Crippen molar-refractivity contribution in [3.8, 4) is 0 Å². The van der Waals surface area contributed by atoms with Crippen LogP contribution < -0.4 is 11.1 Å². The molecule has 0 amide bonds. The lowest BCUT2D eigenvalue weighted by Crippen LogP contribution is -2.33. The summed E-state index contributed by atoms with van der Waals surface area (Å²) in [6, 6.07) is 1.93. The van der Waals surface area contributed by atoms with E-state index in [4.69, 9.17) is 5.73 Å². The zero-order valence-electron chi connectivity index (χ0n) is 10.2. The number of aromatic nitrogens is 2. The smallest absolute Gasteiger partial charge is 0.188 e. The first-order valence-electron chi connectivity index (χ1n) is 6.36. The summed E-state index contributed by atoms with van der Waals surface area (Å²) >= 11 is 0. The highest BCUT2D eigenvalue weighted by molar-refractivity contribution is 5.77. The molecule has 1 aliphatic carbocycles. The summed E-state index contributed by atoms with van der Waals surface area (Å²) in [5.74, 6) is 1.36. The third-order valence-electron chi connectivity index (χ3n) is 3.17. The molecule has 0 spiro atoms. The second-order valence-corrected chi connectivity index (χ2v) is 4.57. The van der Waals surface area contributed by atoms with E-state index in [-0.39, 0.29) is 0 Å². The van der Waals surface area contributed by atoms with Crippen molar-refractivity contribution in [1.82, 2.24) is 15.1 Å². The number of aliphatic imine (C=N–C) groups is 1. The molecule has 3 N–H and O–H groups in total. The molecule has 0 atom stereocenters. The summed E-state index contributed by atoms with van der Waals surface area (Å²) in [6.07, 6.45) is 8.75. The van der Waals surface area contributed by atoms with Crippen LogP contribution in [-0.4, -0.2) is 28.8 Å². The molecule has 17 heavy (non-hydrogen) atoms. The summed E-state index contributed by atoms with van der Waals surface area (Å²) in [4.78, 5) is 4.34. The van der Waals surface area contributed by atoms with Crippen LogP contribution in [0.25, 0.3) is 0 Å². The number of aryl methyl sites for hydroxylation is 1. The number of nitrogens with two attached hydrogens (primary N) is 1. The maximum atomic E-state index is 5.78. The van der Waals surface area contributed by atoms with Crippen molar-refractivity contribution in [1.29, 1.82) is 0 Å². The van der Waals surface area contributed by atoms with Gasteiger partial charge in [-0.25, -0.2) is 0 Å². The molecule has 2 rings (SSSR count). The third-order valence-corrected chi connectivity index (χ3v) is 3.17.